The number of halogens is 2. The summed E-state index contributed by atoms with van der Waals surface area (Å²) in [5.41, 5.74) is 7.06. The number of hydrogen-bond acceptors (Lipinski definition) is 3. The zero-order valence-electron chi connectivity index (χ0n) is 14.3. The van der Waals surface area contributed by atoms with Crippen LogP contribution in [-0.2, 0) is 16.6 Å². The van der Waals surface area contributed by atoms with Crippen LogP contribution in [-0.4, -0.2) is 18.5 Å². The molecular weight excluding hydrogens is 393 g/mol. The van der Waals surface area contributed by atoms with E-state index in [2.05, 4.69) is 4.72 Å². The maximum Gasteiger partial charge on any atom is 0.261 e. The maximum atomic E-state index is 12.6. The topological polar surface area (TPSA) is 77.1 Å². The van der Waals surface area contributed by atoms with E-state index in [9.17, 15) is 8.42 Å². The van der Waals surface area contributed by atoms with E-state index in [1.165, 1.54) is 18.2 Å². The molecule has 5 nitrogen and oxygen atoms in total. The third-order valence-corrected chi connectivity index (χ3v) is 5.55. The van der Waals surface area contributed by atoms with Gasteiger partial charge in [-0.25, -0.2) is 8.42 Å². The van der Waals surface area contributed by atoms with Crippen LogP contribution >= 0.6 is 23.2 Å². The Morgan fingerprint density at radius 2 is 1.73 bits per heavy atom. The number of benzene rings is 2. The lowest BCUT2D eigenvalue weighted by molar-refractivity contribution is 0.441. The molecule has 0 saturated carbocycles. The van der Waals surface area contributed by atoms with Crippen LogP contribution in [0.4, 0.5) is 5.69 Å². The highest BCUT2D eigenvalue weighted by atomic mass is 35.5. The standard InChI is InChI=1S/C18H19Cl2N3O2S/c1-18(2,21)11-23-6-5-12-3-4-15(10-17(12)23)22-26(24,25)16-8-13(19)7-14(20)9-16/h3-10,22H,11,21H2,1-2H3. The summed E-state index contributed by atoms with van der Waals surface area (Å²) in [4.78, 5) is 0.00794. The predicted molar refractivity (Wildman–Crippen MR) is 107 cm³/mol. The summed E-state index contributed by atoms with van der Waals surface area (Å²) in [7, 11) is -3.81. The Kier molecular flexibility index (Phi) is 4.96. The minimum absolute atomic E-state index is 0.00794. The molecule has 138 valence electrons. The number of aromatic nitrogens is 1. The van der Waals surface area contributed by atoms with Gasteiger partial charge in [0.2, 0.25) is 0 Å². The molecular formula is C18H19Cl2N3O2S. The maximum absolute atomic E-state index is 12.6. The van der Waals surface area contributed by atoms with E-state index in [1.807, 2.05) is 36.7 Å². The molecule has 0 bridgehead atoms. The molecule has 3 rings (SSSR count). The SMILES string of the molecule is CC(C)(N)Cn1ccc2ccc(NS(=O)(=O)c3cc(Cl)cc(Cl)c3)cc21. The highest BCUT2D eigenvalue weighted by Gasteiger charge is 2.17. The van der Waals surface area contributed by atoms with E-state index in [0.717, 1.165) is 10.9 Å². The molecule has 8 heteroatoms. The molecule has 0 radical (unpaired) electrons. The molecule has 1 aromatic heterocycles. The van der Waals surface area contributed by atoms with Crippen LogP contribution in [0.1, 0.15) is 13.8 Å². The van der Waals surface area contributed by atoms with E-state index in [1.54, 1.807) is 12.1 Å². The van der Waals surface area contributed by atoms with Gasteiger partial charge in [0.15, 0.2) is 0 Å². The van der Waals surface area contributed by atoms with Crippen LogP contribution in [0.2, 0.25) is 10.0 Å². The number of fused-ring (bicyclic) bond motifs is 1. The van der Waals surface area contributed by atoms with Gasteiger partial charge in [-0.05, 0) is 55.6 Å². The molecule has 3 N–H and O–H groups in total. The molecule has 26 heavy (non-hydrogen) atoms. The minimum atomic E-state index is -3.81. The third kappa shape index (κ3) is 4.32. The Morgan fingerprint density at radius 1 is 1.08 bits per heavy atom. The highest BCUT2D eigenvalue weighted by molar-refractivity contribution is 7.92. The second-order valence-corrected chi connectivity index (χ2v) is 9.47. The first-order chi connectivity index (χ1) is 12.0. The Morgan fingerprint density at radius 3 is 2.35 bits per heavy atom. The van der Waals surface area contributed by atoms with Gasteiger partial charge in [0.1, 0.15) is 0 Å². The largest absolute Gasteiger partial charge is 0.346 e. The second kappa shape index (κ2) is 6.78. The Balaban J connectivity index is 1.96. The zero-order valence-corrected chi connectivity index (χ0v) is 16.7. The number of rotatable bonds is 5. The van der Waals surface area contributed by atoms with Crippen molar-refractivity contribution in [1.29, 1.82) is 0 Å². The Hall–Kier alpha value is -1.73. The lowest BCUT2D eigenvalue weighted by atomic mass is 10.1. The van der Waals surface area contributed by atoms with Gasteiger partial charge >= 0.3 is 0 Å². The van der Waals surface area contributed by atoms with Crippen molar-refractivity contribution in [3.63, 3.8) is 0 Å². The van der Waals surface area contributed by atoms with Gasteiger partial charge in [-0.3, -0.25) is 4.72 Å². The molecule has 0 saturated heterocycles. The molecule has 0 amide bonds. The van der Waals surface area contributed by atoms with Gasteiger partial charge in [-0.2, -0.15) is 0 Å². The van der Waals surface area contributed by atoms with E-state index in [-0.39, 0.29) is 20.5 Å². The lowest BCUT2D eigenvalue weighted by Gasteiger charge is -2.20. The van der Waals surface area contributed by atoms with Crippen LogP contribution in [0.3, 0.4) is 0 Å². The number of nitrogens with two attached hydrogens (primary N) is 1. The minimum Gasteiger partial charge on any atom is -0.346 e. The number of anilines is 1. The van der Waals surface area contributed by atoms with Crippen molar-refractivity contribution in [2.75, 3.05) is 4.72 Å². The van der Waals surface area contributed by atoms with Gasteiger partial charge in [0, 0.05) is 28.3 Å². The molecule has 0 unspecified atom stereocenters. The van der Waals surface area contributed by atoms with Gasteiger partial charge < -0.3 is 10.3 Å². The number of nitrogens with one attached hydrogen (secondary N) is 1. The van der Waals surface area contributed by atoms with Crippen LogP contribution in [0.15, 0.2) is 53.6 Å². The van der Waals surface area contributed by atoms with Crippen molar-refractivity contribution in [2.45, 2.75) is 30.8 Å². The summed E-state index contributed by atoms with van der Waals surface area (Å²) in [6.45, 7) is 4.49. The summed E-state index contributed by atoms with van der Waals surface area (Å²) in [6.07, 6.45) is 1.94. The second-order valence-electron chi connectivity index (χ2n) is 6.92. The third-order valence-electron chi connectivity index (χ3n) is 3.75. The number of sulfonamides is 1. The summed E-state index contributed by atoms with van der Waals surface area (Å²) in [5, 5.41) is 1.52. The van der Waals surface area contributed by atoms with E-state index in [4.69, 9.17) is 28.9 Å². The average Bonchev–Trinajstić information content (AvgIpc) is 2.86. The van der Waals surface area contributed by atoms with Crippen molar-refractivity contribution >= 4 is 49.8 Å². The smallest absolute Gasteiger partial charge is 0.261 e. The molecule has 3 aromatic rings. The Labute approximate surface area is 162 Å². The fourth-order valence-corrected chi connectivity index (χ4v) is 4.50. The first-order valence-electron chi connectivity index (χ1n) is 7.90. The fourth-order valence-electron chi connectivity index (χ4n) is 2.72. The van der Waals surface area contributed by atoms with E-state index < -0.39 is 10.0 Å². The van der Waals surface area contributed by atoms with Crippen molar-refractivity contribution in [2.24, 2.45) is 5.73 Å². The molecule has 0 aliphatic carbocycles. The van der Waals surface area contributed by atoms with E-state index in [0.29, 0.717) is 12.2 Å². The van der Waals surface area contributed by atoms with Crippen LogP contribution < -0.4 is 10.5 Å². The average molecular weight is 412 g/mol. The van der Waals surface area contributed by atoms with Crippen LogP contribution in [0, 0.1) is 0 Å². The lowest BCUT2D eigenvalue weighted by Crippen LogP contribution is -2.36. The first-order valence-corrected chi connectivity index (χ1v) is 10.1. The quantitative estimate of drug-likeness (QED) is 0.649. The number of nitrogens with zero attached hydrogens (tertiary/aromatic N) is 1. The summed E-state index contributed by atoms with van der Waals surface area (Å²) in [6, 6.07) is 11.5. The van der Waals surface area contributed by atoms with E-state index >= 15 is 0 Å². The van der Waals surface area contributed by atoms with Crippen LogP contribution in [0.5, 0.6) is 0 Å². The van der Waals surface area contributed by atoms with Gasteiger partial charge in [-0.1, -0.05) is 29.3 Å². The molecule has 2 aromatic carbocycles. The van der Waals surface area contributed by atoms with Gasteiger partial charge in [0.25, 0.3) is 10.0 Å². The highest BCUT2D eigenvalue weighted by Crippen LogP contribution is 2.26. The zero-order chi connectivity index (χ0) is 19.1. The van der Waals surface area contributed by atoms with Gasteiger partial charge in [-0.15, -0.1) is 0 Å². The molecule has 0 aliphatic heterocycles. The van der Waals surface area contributed by atoms with Crippen molar-refractivity contribution in [3.8, 4) is 0 Å². The molecule has 0 fully saturated rings. The van der Waals surface area contributed by atoms with Crippen molar-refractivity contribution < 1.29 is 8.42 Å². The van der Waals surface area contributed by atoms with Crippen LogP contribution in [0.25, 0.3) is 10.9 Å². The Bertz CT molecular complexity index is 1050. The predicted octanol–water partition coefficient (Wildman–Crippen LogP) is 4.49. The molecule has 0 spiro atoms. The monoisotopic (exact) mass is 411 g/mol. The molecule has 0 atom stereocenters. The summed E-state index contributed by atoms with van der Waals surface area (Å²) < 4.78 is 29.9. The molecule has 1 heterocycles. The first kappa shape index (κ1) is 19.0. The van der Waals surface area contributed by atoms with Crippen molar-refractivity contribution in [1.82, 2.24) is 4.57 Å². The normalized spacial score (nSPS) is 12.5. The summed E-state index contributed by atoms with van der Waals surface area (Å²) in [5.74, 6) is 0. The fraction of sp³-hybridized carbons (Fsp3) is 0.222. The van der Waals surface area contributed by atoms with Gasteiger partial charge in [0.05, 0.1) is 16.1 Å². The molecule has 0 aliphatic rings. The summed E-state index contributed by atoms with van der Waals surface area (Å²) >= 11 is 11.8. The number of hydrogen-bond donors (Lipinski definition) is 2. The van der Waals surface area contributed by atoms with Crippen molar-refractivity contribution in [3.05, 3.63) is 58.7 Å².